The second-order valence-corrected chi connectivity index (χ2v) is 6.34. The smallest absolute Gasteiger partial charge is 0.258 e. The average molecular weight is 388 g/mol. The fraction of sp³-hybridized carbons (Fsp3) is 0.381. The molecule has 0 saturated carbocycles. The summed E-state index contributed by atoms with van der Waals surface area (Å²) in [6, 6.07) is 12.9. The van der Waals surface area contributed by atoms with Crippen LogP contribution >= 0.6 is 0 Å². The Bertz CT molecular complexity index is 740. The molecule has 2 aromatic carbocycles. The molecular formula is C21H28N2O5. The van der Waals surface area contributed by atoms with Crippen molar-refractivity contribution in [3.05, 3.63) is 48.0 Å². The molecule has 152 valence electrons. The predicted octanol–water partition coefficient (Wildman–Crippen LogP) is 2.51. The topological polar surface area (TPSA) is 69.3 Å². The molecule has 1 amide bonds. The molecule has 0 fully saturated rings. The van der Waals surface area contributed by atoms with Crippen molar-refractivity contribution in [1.82, 2.24) is 10.2 Å². The van der Waals surface area contributed by atoms with E-state index < -0.39 is 0 Å². The van der Waals surface area contributed by atoms with Gasteiger partial charge < -0.3 is 29.2 Å². The summed E-state index contributed by atoms with van der Waals surface area (Å²) >= 11 is 0. The molecule has 7 nitrogen and oxygen atoms in total. The van der Waals surface area contributed by atoms with Crippen LogP contribution in [0.3, 0.4) is 0 Å². The van der Waals surface area contributed by atoms with Gasteiger partial charge in [-0.05, 0) is 43.9 Å². The molecule has 7 heteroatoms. The van der Waals surface area contributed by atoms with E-state index in [1.807, 2.05) is 61.5 Å². The van der Waals surface area contributed by atoms with Crippen LogP contribution in [-0.2, 0) is 4.79 Å². The highest BCUT2D eigenvalue weighted by molar-refractivity contribution is 5.77. The molecule has 1 atom stereocenters. The molecule has 0 aromatic heterocycles. The van der Waals surface area contributed by atoms with Crippen LogP contribution in [0.2, 0.25) is 0 Å². The van der Waals surface area contributed by atoms with E-state index in [4.69, 9.17) is 18.9 Å². The van der Waals surface area contributed by atoms with Crippen LogP contribution in [0.15, 0.2) is 42.5 Å². The van der Waals surface area contributed by atoms with Crippen molar-refractivity contribution in [1.29, 1.82) is 0 Å². The molecule has 28 heavy (non-hydrogen) atoms. The lowest BCUT2D eigenvalue weighted by molar-refractivity contribution is -0.123. The molecule has 1 unspecified atom stereocenters. The Hall–Kier alpha value is -2.93. The largest absolute Gasteiger partial charge is 0.493 e. The van der Waals surface area contributed by atoms with E-state index in [0.717, 1.165) is 5.56 Å². The number of carbonyl (C=O) groups excluding carboxylic acids is 1. The second kappa shape index (κ2) is 10.4. The quantitative estimate of drug-likeness (QED) is 0.675. The van der Waals surface area contributed by atoms with Crippen molar-refractivity contribution in [3.63, 3.8) is 0 Å². The van der Waals surface area contributed by atoms with E-state index in [2.05, 4.69) is 5.32 Å². The van der Waals surface area contributed by atoms with Crippen molar-refractivity contribution in [2.24, 2.45) is 0 Å². The van der Waals surface area contributed by atoms with Crippen LogP contribution in [0.5, 0.6) is 23.0 Å². The number of carbonyl (C=O) groups is 1. The maximum Gasteiger partial charge on any atom is 0.258 e. The molecule has 2 rings (SSSR count). The Balaban J connectivity index is 2.07. The molecule has 0 radical (unpaired) electrons. The number of likely N-dealkylation sites (N-methyl/N-ethyl adjacent to an activating group) is 1. The first-order valence-electron chi connectivity index (χ1n) is 8.91. The number of amides is 1. The number of nitrogens with one attached hydrogen (secondary N) is 1. The van der Waals surface area contributed by atoms with E-state index in [9.17, 15) is 4.79 Å². The van der Waals surface area contributed by atoms with Crippen molar-refractivity contribution in [3.8, 4) is 23.0 Å². The number of ether oxygens (including phenoxy) is 4. The van der Waals surface area contributed by atoms with Crippen molar-refractivity contribution in [2.45, 2.75) is 6.04 Å². The van der Waals surface area contributed by atoms with Gasteiger partial charge in [0.2, 0.25) is 5.75 Å². The molecule has 2 aromatic rings. The predicted molar refractivity (Wildman–Crippen MR) is 107 cm³/mol. The fourth-order valence-electron chi connectivity index (χ4n) is 2.82. The minimum Gasteiger partial charge on any atom is -0.493 e. The molecule has 0 bridgehead atoms. The summed E-state index contributed by atoms with van der Waals surface area (Å²) in [5.41, 5.74) is 0.934. The van der Waals surface area contributed by atoms with Crippen molar-refractivity contribution in [2.75, 3.05) is 48.6 Å². The molecule has 0 heterocycles. The summed E-state index contributed by atoms with van der Waals surface area (Å²) < 4.78 is 21.7. The first kappa shape index (κ1) is 21.4. The highest BCUT2D eigenvalue weighted by Gasteiger charge is 2.21. The lowest BCUT2D eigenvalue weighted by Gasteiger charge is -2.26. The third kappa shape index (κ3) is 5.53. The molecule has 0 aliphatic carbocycles. The number of benzene rings is 2. The van der Waals surface area contributed by atoms with E-state index >= 15 is 0 Å². The first-order chi connectivity index (χ1) is 13.5. The Morgan fingerprint density at radius 3 is 2.11 bits per heavy atom. The first-order valence-corrected chi connectivity index (χ1v) is 8.91. The Morgan fingerprint density at radius 1 is 1.00 bits per heavy atom. The SMILES string of the molecule is COc1cc(C(CNC(=O)COc2ccccc2)N(C)C)cc(OC)c1OC. The molecule has 0 aliphatic rings. The van der Waals surface area contributed by atoms with Crippen molar-refractivity contribution >= 4 is 5.91 Å². The van der Waals surface area contributed by atoms with E-state index in [1.165, 1.54) is 0 Å². The number of methoxy groups -OCH3 is 3. The Kier molecular flexibility index (Phi) is 7.95. The second-order valence-electron chi connectivity index (χ2n) is 6.34. The lowest BCUT2D eigenvalue weighted by atomic mass is 10.0. The lowest BCUT2D eigenvalue weighted by Crippen LogP contribution is -2.36. The molecule has 0 spiro atoms. The van der Waals surface area contributed by atoms with Gasteiger partial charge in [-0.15, -0.1) is 0 Å². The monoisotopic (exact) mass is 388 g/mol. The molecule has 1 N–H and O–H groups in total. The third-order valence-electron chi connectivity index (χ3n) is 4.30. The van der Waals surface area contributed by atoms with Gasteiger partial charge in [0.25, 0.3) is 5.91 Å². The molecular weight excluding hydrogens is 360 g/mol. The van der Waals surface area contributed by atoms with Crippen LogP contribution in [0.25, 0.3) is 0 Å². The highest BCUT2D eigenvalue weighted by Crippen LogP contribution is 2.40. The number of para-hydroxylation sites is 1. The maximum atomic E-state index is 12.2. The summed E-state index contributed by atoms with van der Waals surface area (Å²) in [5.74, 6) is 2.14. The van der Waals surface area contributed by atoms with Gasteiger partial charge in [0.1, 0.15) is 5.75 Å². The van der Waals surface area contributed by atoms with Crippen LogP contribution in [0, 0.1) is 0 Å². The number of hydrogen-bond donors (Lipinski definition) is 1. The van der Waals surface area contributed by atoms with Gasteiger partial charge in [-0.3, -0.25) is 4.79 Å². The van der Waals surface area contributed by atoms with Gasteiger partial charge in [-0.1, -0.05) is 18.2 Å². The standard InChI is InChI=1S/C21H28N2O5/c1-23(2)17(13-22-20(24)14-28-16-9-7-6-8-10-16)15-11-18(25-3)21(27-5)19(12-15)26-4/h6-12,17H,13-14H2,1-5H3,(H,22,24). The molecule has 0 aliphatic heterocycles. The van der Waals surface area contributed by atoms with E-state index in [-0.39, 0.29) is 18.6 Å². The summed E-state index contributed by atoms with van der Waals surface area (Å²) in [7, 11) is 8.61. The van der Waals surface area contributed by atoms with Gasteiger partial charge in [0.05, 0.1) is 27.4 Å². The van der Waals surface area contributed by atoms with Gasteiger partial charge >= 0.3 is 0 Å². The summed E-state index contributed by atoms with van der Waals surface area (Å²) in [5, 5.41) is 2.92. The minimum absolute atomic E-state index is 0.0422. The highest BCUT2D eigenvalue weighted by atomic mass is 16.5. The Labute approximate surface area is 166 Å². The van der Waals surface area contributed by atoms with Crippen LogP contribution in [-0.4, -0.2) is 59.4 Å². The zero-order valence-electron chi connectivity index (χ0n) is 17.0. The normalized spacial score (nSPS) is 11.6. The summed E-state index contributed by atoms with van der Waals surface area (Å²) in [6.45, 7) is 0.363. The minimum atomic E-state index is -0.192. The number of hydrogen-bond acceptors (Lipinski definition) is 6. The van der Waals surface area contributed by atoms with Gasteiger partial charge in [0.15, 0.2) is 18.1 Å². The zero-order valence-corrected chi connectivity index (χ0v) is 17.0. The van der Waals surface area contributed by atoms with Crippen molar-refractivity contribution < 1.29 is 23.7 Å². The van der Waals surface area contributed by atoms with Gasteiger partial charge in [-0.25, -0.2) is 0 Å². The number of rotatable bonds is 10. The summed E-state index contributed by atoms with van der Waals surface area (Å²) in [6.07, 6.45) is 0. The summed E-state index contributed by atoms with van der Waals surface area (Å²) in [4.78, 5) is 14.2. The Morgan fingerprint density at radius 2 is 1.61 bits per heavy atom. The van der Waals surface area contributed by atoms with E-state index in [1.54, 1.807) is 21.3 Å². The maximum absolute atomic E-state index is 12.2. The van der Waals surface area contributed by atoms with Crippen LogP contribution in [0.1, 0.15) is 11.6 Å². The average Bonchev–Trinajstić information content (AvgIpc) is 2.71. The van der Waals surface area contributed by atoms with Gasteiger partial charge in [0, 0.05) is 6.54 Å². The van der Waals surface area contributed by atoms with E-state index in [0.29, 0.717) is 29.5 Å². The van der Waals surface area contributed by atoms with Crippen LogP contribution < -0.4 is 24.3 Å². The molecule has 0 saturated heterocycles. The third-order valence-corrected chi connectivity index (χ3v) is 4.30. The van der Waals surface area contributed by atoms with Crippen LogP contribution in [0.4, 0.5) is 0 Å². The fourth-order valence-corrected chi connectivity index (χ4v) is 2.82. The zero-order chi connectivity index (χ0) is 20.5. The number of nitrogens with zero attached hydrogens (tertiary/aromatic N) is 1. The van der Waals surface area contributed by atoms with Gasteiger partial charge in [-0.2, -0.15) is 0 Å².